The summed E-state index contributed by atoms with van der Waals surface area (Å²) in [5.74, 6) is 0.268. The number of nitrogens with one attached hydrogen (secondary N) is 1. The quantitative estimate of drug-likeness (QED) is 0.700. The Morgan fingerprint density at radius 3 is 2.65 bits per heavy atom. The zero-order valence-corrected chi connectivity index (χ0v) is 9.43. The van der Waals surface area contributed by atoms with Crippen molar-refractivity contribution in [1.82, 2.24) is 4.98 Å². The van der Waals surface area contributed by atoms with Crippen molar-refractivity contribution < 1.29 is 5.11 Å². The number of aromatic hydroxyl groups is 1. The third kappa shape index (κ3) is 3.19. The van der Waals surface area contributed by atoms with E-state index in [1.165, 1.54) is 0 Å². The summed E-state index contributed by atoms with van der Waals surface area (Å²) in [7, 11) is 0. The monoisotopic (exact) mass is 229 g/mol. The van der Waals surface area contributed by atoms with Crippen molar-refractivity contribution in [3.05, 3.63) is 53.9 Å². The third-order valence-corrected chi connectivity index (χ3v) is 2.45. The molecule has 0 radical (unpaired) electrons. The highest BCUT2D eigenvalue weighted by atomic mass is 16.3. The first kappa shape index (κ1) is 11.4. The maximum absolute atomic E-state index is 9.16. The summed E-state index contributed by atoms with van der Waals surface area (Å²) in [5.41, 5.74) is 8.52. The molecule has 0 bridgehead atoms. The molecule has 0 spiro atoms. The molecule has 1 aromatic carbocycles. The van der Waals surface area contributed by atoms with Crippen LogP contribution in [0.25, 0.3) is 0 Å². The molecule has 4 nitrogen and oxygen atoms in total. The second-order valence-electron chi connectivity index (χ2n) is 3.76. The largest absolute Gasteiger partial charge is 0.508 e. The highest BCUT2D eigenvalue weighted by Gasteiger charge is 1.97. The summed E-state index contributed by atoms with van der Waals surface area (Å²) in [5, 5.41) is 12.4. The van der Waals surface area contributed by atoms with Crippen LogP contribution in [-0.2, 0) is 13.1 Å². The Morgan fingerprint density at radius 2 is 1.94 bits per heavy atom. The van der Waals surface area contributed by atoms with E-state index in [1.54, 1.807) is 18.3 Å². The zero-order chi connectivity index (χ0) is 12.1. The minimum Gasteiger partial charge on any atom is -0.508 e. The van der Waals surface area contributed by atoms with Crippen LogP contribution in [0, 0.1) is 0 Å². The van der Waals surface area contributed by atoms with Crippen LogP contribution >= 0.6 is 0 Å². The van der Waals surface area contributed by atoms with E-state index in [-0.39, 0.29) is 5.75 Å². The Balaban J connectivity index is 1.99. The van der Waals surface area contributed by atoms with Gasteiger partial charge in [0.2, 0.25) is 0 Å². The van der Waals surface area contributed by atoms with Gasteiger partial charge < -0.3 is 16.2 Å². The second-order valence-corrected chi connectivity index (χ2v) is 3.76. The average Bonchev–Trinajstić information content (AvgIpc) is 2.38. The van der Waals surface area contributed by atoms with Gasteiger partial charge in [-0.2, -0.15) is 0 Å². The molecule has 0 saturated heterocycles. The lowest BCUT2D eigenvalue weighted by Gasteiger charge is -2.07. The summed E-state index contributed by atoms with van der Waals surface area (Å²) < 4.78 is 0. The van der Waals surface area contributed by atoms with Crippen molar-refractivity contribution in [2.75, 3.05) is 5.32 Å². The number of hydrogen-bond donors (Lipinski definition) is 3. The van der Waals surface area contributed by atoms with Gasteiger partial charge in [-0.1, -0.05) is 0 Å². The summed E-state index contributed by atoms with van der Waals surface area (Å²) in [4.78, 5) is 4.14. The van der Waals surface area contributed by atoms with Crippen LogP contribution in [-0.4, -0.2) is 10.1 Å². The highest BCUT2D eigenvalue weighted by Crippen LogP contribution is 2.14. The van der Waals surface area contributed by atoms with E-state index >= 15 is 0 Å². The van der Waals surface area contributed by atoms with E-state index in [4.69, 9.17) is 10.8 Å². The molecule has 0 saturated carbocycles. The molecular weight excluding hydrogens is 214 g/mol. The number of nitrogens with two attached hydrogens (primary N) is 1. The average molecular weight is 229 g/mol. The first-order chi connectivity index (χ1) is 8.28. The molecule has 0 fully saturated rings. The van der Waals surface area contributed by atoms with E-state index in [2.05, 4.69) is 10.3 Å². The molecule has 4 N–H and O–H groups in total. The fourth-order valence-corrected chi connectivity index (χ4v) is 1.53. The number of anilines is 1. The van der Waals surface area contributed by atoms with Crippen LogP contribution < -0.4 is 11.1 Å². The molecule has 0 aliphatic heterocycles. The SMILES string of the molecule is NCc1cc(CNc2ccc(O)cc2)ccn1. The van der Waals surface area contributed by atoms with Crippen molar-refractivity contribution in [2.24, 2.45) is 5.73 Å². The Bertz CT molecular complexity index is 482. The Kier molecular flexibility index (Phi) is 3.57. The van der Waals surface area contributed by atoms with Crippen LogP contribution in [0.5, 0.6) is 5.75 Å². The fraction of sp³-hybridized carbons (Fsp3) is 0.154. The van der Waals surface area contributed by atoms with Crippen LogP contribution in [0.4, 0.5) is 5.69 Å². The van der Waals surface area contributed by atoms with Crippen molar-refractivity contribution in [3.63, 3.8) is 0 Å². The number of phenols is 1. The molecule has 88 valence electrons. The van der Waals surface area contributed by atoms with Gasteiger partial charge in [0, 0.05) is 25.0 Å². The third-order valence-electron chi connectivity index (χ3n) is 2.45. The van der Waals surface area contributed by atoms with E-state index in [9.17, 15) is 0 Å². The number of nitrogens with zero attached hydrogens (tertiary/aromatic N) is 1. The molecule has 2 rings (SSSR count). The molecule has 17 heavy (non-hydrogen) atoms. The van der Waals surface area contributed by atoms with Crippen molar-refractivity contribution >= 4 is 5.69 Å². The summed E-state index contributed by atoms with van der Waals surface area (Å²) in [6.07, 6.45) is 1.76. The van der Waals surface area contributed by atoms with Gasteiger partial charge in [0.05, 0.1) is 5.69 Å². The van der Waals surface area contributed by atoms with Crippen LogP contribution in [0.3, 0.4) is 0 Å². The maximum atomic E-state index is 9.16. The first-order valence-corrected chi connectivity index (χ1v) is 5.45. The van der Waals surface area contributed by atoms with Crippen molar-refractivity contribution in [1.29, 1.82) is 0 Å². The number of hydrogen-bond acceptors (Lipinski definition) is 4. The molecule has 1 aromatic heterocycles. The van der Waals surface area contributed by atoms with Gasteiger partial charge in [0.1, 0.15) is 5.75 Å². The molecular formula is C13H15N3O. The van der Waals surface area contributed by atoms with Crippen molar-refractivity contribution in [2.45, 2.75) is 13.1 Å². The predicted octanol–water partition coefficient (Wildman–Crippen LogP) is 1.86. The molecule has 0 aliphatic carbocycles. The van der Waals surface area contributed by atoms with Gasteiger partial charge in [-0.15, -0.1) is 0 Å². The summed E-state index contributed by atoms with van der Waals surface area (Å²) in [6.45, 7) is 1.16. The lowest BCUT2D eigenvalue weighted by molar-refractivity contribution is 0.475. The molecule has 0 atom stereocenters. The van der Waals surface area contributed by atoms with E-state index in [1.807, 2.05) is 24.3 Å². The van der Waals surface area contributed by atoms with Gasteiger partial charge in [0.25, 0.3) is 0 Å². The maximum Gasteiger partial charge on any atom is 0.115 e. The lowest BCUT2D eigenvalue weighted by Crippen LogP contribution is -2.03. The molecule has 4 heteroatoms. The topological polar surface area (TPSA) is 71.2 Å². The van der Waals surface area contributed by atoms with Crippen LogP contribution in [0.1, 0.15) is 11.3 Å². The van der Waals surface area contributed by atoms with Gasteiger partial charge >= 0.3 is 0 Å². The van der Waals surface area contributed by atoms with E-state index in [0.717, 1.165) is 16.9 Å². The normalized spacial score (nSPS) is 10.2. The van der Waals surface area contributed by atoms with Gasteiger partial charge in [-0.3, -0.25) is 4.98 Å². The number of aromatic nitrogens is 1. The molecule has 0 amide bonds. The smallest absolute Gasteiger partial charge is 0.115 e. The highest BCUT2D eigenvalue weighted by molar-refractivity contribution is 5.46. The molecule has 1 heterocycles. The minimum absolute atomic E-state index is 0.268. The molecule has 2 aromatic rings. The number of pyridine rings is 1. The second kappa shape index (κ2) is 5.32. The zero-order valence-electron chi connectivity index (χ0n) is 9.43. The first-order valence-electron chi connectivity index (χ1n) is 5.45. The van der Waals surface area contributed by atoms with Crippen molar-refractivity contribution in [3.8, 4) is 5.75 Å². The predicted molar refractivity (Wildman–Crippen MR) is 67.6 cm³/mol. The fourth-order valence-electron chi connectivity index (χ4n) is 1.53. The summed E-state index contributed by atoms with van der Waals surface area (Å²) >= 11 is 0. The number of rotatable bonds is 4. The number of phenolic OH excluding ortho intramolecular Hbond substituents is 1. The van der Waals surface area contributed by atoms with E-state index < -0.39 is 0 Å². The van der Waals surface area contributed by atoms with Crippen LogP contribution in [0.2, 0.25) is 0 Å². The van der Waals surface area contributed by atoms with Gasteiger partial charge in [0.15, 0.2) is 0 Å². The molecule has 0 unspecified atom stereocenters. The van der Waals surface area contributed by atoms with Crippen LogP contribution in [0.15, 0.2) is 42.6 Å². The number of benzene rings is 1. The Hall–Kier alpha value is -2.07. The molecule has 0 aliphatic rings. The Labute approximate surface area is 100 Å². The van der Waals surface area contributed by atoms with E-state index in [0.29, 0.717) is 13.1 Å². The Morgan fingerprint density at radius 1 is 1.18 bits per heavy atom. The minimum atomic E-state index is 0.268. The summed E-state index contributed by atoms with van der Waals surface area (Å²) in [6, 6.07) is 10.9. The lowest BCUT2D eigenvalue weighted by atomic mass is 10.2. The standard InChI is InChI=1S/C13H15N3O/c14-8-12-7-10(5-6-15-12)9-16-11-1-3-13(17)4-2-11/h1-7,16-17H,8-9,14H2. The van der Waals surface area contributed by atoms with Gasteiger partial charge in [-0.05, 0) is 42.0 Å². The van der Waals surface area contributed by atoms with Gasteiger partial charge in [-0.25, -0.2) is 0 Å².